The number of hydrogen-bond donors (Lipinski definition) is 1. The highest BCUT2D eigenvalue weighted by atomic mass is 35.5. The van der Waals surface area contributed by atoms with Gasteiger partial charge in [0.1, 0.15) is 0 Å². The molecule has 0 aliphatic heterocycles. The summed E-state index contributed by atoms with van der Waals surface area (Å²) in [5.74, 6) is 1.63. The van der Waals surface area contributed by atoms with Crippen LogP contribution in [-0.2, 0) is 5.75 Å². The van der Waals surface area contributed by atoms with Crippen molar-refractivity contribution in [1.82, 2.24) is 10.2 Å². The molecule has 20 heavy (non-hydrogen) atoms. The van der Waals surface area contributed by atoms with Crippen molar-refractivity contribution in [2.24, 2.45) is 11.7 Å². The van der Waals surface area contributed by atoms with Gasteiger partial charge in [0, 0.05) is 5.75 Å². The molecular formula is C14H20ClN3OS. The van der Waals surface area contributed by atoms with Crippen LogP contribution in [-0.4, -0.2) is 10.2 Å². The number of hydrogen-bond acceptors (Lipinski definition) is 5. The lowest BCUT2D eigenvalue weighted by Crippen LogP contribution is -2.16. The van der Waals surface area contributed by atoms with Gasteiger partial charge in [-0.2, -0.15) is 0 Å². The minimum atomic E-state index is -0.194. The molecule has 0 radical (unpaired) electrons. The van der Waals surface area contributed by atoms with Crippen molar-refractivity contribution in [3.8, 4) is 0 Å². The molecule has 0 spiro atoms. The molecule has 4 nitrogen and oxygen atoms in total. The third-order valence-corrected chi connectivity index (χ3v) is 3.91. The zero-order chi connectivity index (χ0) is 13.8. The van der Waals surface area contributed by atoms with Gasteiger partial charge in [-0.25, -0.2) is 0 Å². The lowest BCUT2D eigenvalue weighted by Gasteiger charge is -2.09. The number of nitrogens with zero attached hydrogens (tertiary/aromatic N) is 2. The van der Waals surface area contributed by atoms with E-state index in [1.165, 1.54) is 11.1 Å². The second-order valence-electron chi connectivity index (χ2n) is 4.89. The largest absolute Gasteiger partial charge is 0.414 e. The first-order valence-electron chi connectivity index (χ1n) is 6.34. The number of thioether (sulfide) groups is 1. The Balaban J connectivity index is 0.00000200. The van der Waals surface area contributed by atoms with E-state index >= 15 is 0 Å². The average Bonchev–Trinajstić information content (AvgIpc) is 2.85. The zero-order valence-electron chi connectivity index (χ0n) is 11.9. The predicted octanol–water partition coefficient (Wildman–Crippen LogP) is 3.75. The summed E-state index contributed by atoms with van der Waals surface area (Å²) in [6, 6.07) is 8.09. The Hall–Kier alpha value is -1.04. The Kier molecular flexibility index (Phi) is 6.52. The molecule has 1 heterocycles. The van der Waals surface area contributed by atoms with Gasteiger partial charge in [0.2, 0.25) is 5.89 Å². The molecule has 0 fully saturated rings. The van der Waals surface area contributed by atoms with Crippen molar-refractivity contribution in [2.75, 3.05) is 0 Å². The number of halogens is 1. The van der Waals surface area contributed by atoms with E-state index in [-0.39, 0.29) is 24.4 Å². The van der Waals surface area contributed by atoms with Gasteiger partial charge >= 0.3 is 0 Å². The SMILES string of the molecule is Cc1ccccc1CSc1nnc(C(N)C(C)C)o1.Cl. The molecule has 1 atom stereocenters. The van der Waals surface area contributed by atoms with Crippen molar-refractivity contribution in [1.29, 1.82) is 0 Å². The molecule has 1 unspecified atom stereocenters. The van der Waals surface area contributed by atoms with Gasteiger partial charge in [-0.05, 0) is 24.0 Å². The topological polar surface area (TPSA) is 64.9 Å². The predicted molar refractivity (Wildman–Crippen MR) is 84.1 cm³/mol. The lowest BCUT2D eigenvalue weighted by molar-refractivity contribution is 0.349. The number of aromatic nitrogens is 2. The van der Waals surface area contributed by atoms with Crippen molar-refractivity contribution in [3.63, 3.8) is 0 Å². The molecule has 1 aromatic carbocycles. The molecule has 1 aromatic heterocycles. The Morgan fingerprint density at radius 3 is 2.60 bits per heavy atom. The summed E-state index contributed by atoms with van der Waals surface area (Å²) >= 11 is 1.54. The lowest BCUT2D eigenvalue weighted by atomic mass is 10.1. The number of rotatable bonds is 5. The highest BCUT2D eigenvalue weighted by molar-refractivity contribution is 7.98. The Labute approximate surface area is 129 Å². The van der Waals surface area contributed by atoms with E-state index in [4.69, 9.17) is 10.2 Å². The quantitative estimate of drug-likeness (QED) is 0.852. The summed E-state index contributed by atoms with van der Waals surface area (Å²) in [6.07, 6.45) is 0. The normalized spacial score (nSPS) is 12.2. The standard InChI is InChI=1S/C14H19N3OS.ClH/c1-9(2)12(15)13-16-17-14(18-13)19-8-11-7-5-4-6-10(11)3;/h4-7,9,12H,8,15H2,1-3H3;1H. The first-order valence-corrected chi connectivity index (χ1v) is 7.32. The van der Waals surface area contributed by atoms with Gasteiger partial charge in [-0.1, -0.05) is 49.9 Å². The van der Waals surface area contributed by atoms with E-state index in [2.05, 4.69) is 29.3 Å². The van der Waals surface area contributed by atoms with Crippen molar-refractivity contribution in [2.45, 2.75) is 37.8 Å². The number of aryl methyl sites for hydroxylation is 1. The number of benzene rings is 1. The minimum absolute atomic E-state index is 0. The van der Waals surface area contributed by atoms with Crippen LogP contribution in [0.4, 0.5) is 0 Å². The van der Waals surface area contributed by atoms with Gasteiger partial charge in [0.25, 0.3) is 5.22 Å². The highest BCUT2D eigenvalue weighted by Gasteiger charge is 2.17. The van der Waals surface area contributed by atoms with Gasteiger partial charge in [0.05, 0.1) is 6.04 Å². The summed E-state index contributed by atoms with van der Waals surface area (Å²) in [6.45, 7) is 6.17. The summed E-state index contributed by atoms with van der Waals surface area (Å²) < 4.78 is 5.58. The first-order chi connectivity index (χ1) is 9.08. The van der Waals surface area contributed by atoms with E-state index in [1.807, 2.05) is 26.0 Å². The second kappa shape index (κ2) is 7.67. The minimum Gasteiger partial charge on any atom is -0.414 e. The van der Waals surface area contributed by atoms with Gasteiger partial charge in [0.15, 0.2) is 0 Å². The molecule has 0 saturated heterocycles. The van der Waals surface area contributed by atoms with Crippen LogP contribution in [0.15, 0.2) is 33.9 Å². The fourth-order valence-corrected chi connectivity index (χ4v) is 2.46. The van der Waals surface area contributed by atoms with Crippen LogP contribution in [0.3, 0.4) is 0 Å². The maximum atomic E-state index is 5.98. The first kappa shape index (κ1) is 17.0. The van der Waals surface area contributed by atoms with E-state index in [1.54, 1.807) is 11.8 Å². The molecule has 0 bridgehead atoms. The average molecular weight is 314 g/mol. The van der Waals surface area contributed by atoms with Crippen molar-refractivity contribution >= 4 is 24.2 Å². The van der Waals surface area contributed by atoms with Crippen LogP contribution in [0.1, 0.15) is 36.9 Å². The molecule has 2 N–H and O–H groups in total. The molecule has 0 aliphatic carbocycles. The van der Waals surface area contributed by atoms with Gasteiger partial charge < -0.3 is 10.2 Å². The summed E-state index contributed by atoms with van der Waals surface area (Å²) in [5.41, 5.74) is 8.53. The molecule has 0 aliphatic rings. The fraction of sp³-hybridized carbons (Fsp3) is 0.429. The van der Waals surface area contributed by atoms with Gasteiger partial charge in [-0.3, -0.25) is 0 Å². The zero-order valence-corrected chi connectivity index (χ0v) is 13.5. The van der Waals surface area contributed by atoms with Crippen LogP contribution in [0.25, 0.3) is 0 Å². The van der Waals surface area contributed by atoms with E-state index in [0.717, 1.165) is 5.75 Å². The smallest absolute Gasteiger partial charge is 0.276 e. The maximum absolute atomic E-state index is 5.98. The molecule has 0 amide bonds. The van der Waals surface area contributed by atoms with Crippen molar-refractivity contribution in [3.05, 3.63) is 41.3 Å². The molecular weight excluding hydrogens is 294 g/mol. The Bertz CT molecular complexity index is 545. The van der Waals surface area contributed by atoms with E-state index in [9.17, 15) is 0 Å². The van der Waals surface area contributed by atoms with Crippen molar-refractivity contribution < 1.29 is 4.42 Å². The molecule has 110 valence electrons. The highest BCUT2D eigenvalue weighted by Crippen LogP contribution is 2.25. The van der Waals surface area contributed by atoms with Crippen LogP contribution >= 0.6 is 24.2 Å². The van der Waals surface area contributed by atoms with Crippen LogP contribution in [0.5, 0.6) is 0 Å². The van der Waals surface area contributed by atoms with E-state index < -0.39 is 0 Å². The summed E-state index contributed by atoms with van der Waals surface area (Å²) in [4.78, 5) is 0. The van der Waals surface area contributed by atoms with Gasteiger partial charge in [-0.15, -0.1) is 22.6 Å². The molecule has 0 saturated carbocycles. The molecule has 2 rings (SSSR count). The third kappa shape index (κ3) is 4.23. The number of nitrogens with two attached hydrogens (primary N) is 1. The third-order valence-electron chi connectivity index (χ3n) is 3.04. The summed E-state index contributed by atoms with van der Waals surface area (Å²) in [5, 5.41) is 8.62. The van der Waals surface area contributed by atoms with E-state index in [0.29, 0.717) is 11.1 Å². The monoisotopic (exact) mass is 313 g/mol. The fourth-order valence-electron chi connectivity index (χ4n) is 1.61. The van der Waals surface area contributed by atoms with Crippen LogP contribution in [0.2, 0.25) is 0 Å². The van der Waals surface area contributed by atoms with Crippen LogP contribution in [0, 0.1) is 12.8 Å². The second-order valence-corrected chi connectivity index (χ2v) is 5.82. The summed E-state index contributed by atoms with van der Waals surface area (Å²) in [7, 11) is 0. The Morgan fingerprint density at radius 2 is 1.95 bits per heavy atom. The molecule has 2 aromatic rings. The maximum Gasteiger partial charge on any atom is 0.276 e. The Morgan fingerprint density at radius 1 is 1.25 bits per heavy atom. The molecule has 6 heteroatoms. The van der Waals surface area contributed by atoms with Crippen LogP contribution < -0.4 is 5.73 Å².